The third kappa shape index (κ3) is 3.67. The topological polar surface area (TPSA) is 72.7 Å². The van der Waals surface area contributed by atoms with Crippen LogP contribution in [0.25, 0.3) is 15.9 Å². The van der Waals surface area contributed by atoms with Gasteiger partial charge in [-0.3, -0.25) is 14.0 Å². The Bertz CT molecular complexity index is 1470. The second-order valence-corrected chi connectivity index (χ2v) is 8.06. The quantitative estimate of drug-likeness (QED) is 0.425. The van der Waals surface area contributed by atoms with Crippen molar-refractivity contribution in [2.75, 3.05) is 5.32 Å². The standard InChI is InChI=1S/C24H17N3O3S/c1-15-6-5-13-27-21(15)26-23-19(24(27)29)14-20(31-23)22(28)25-16-9-11-18(12-10-16)30-17-7-3-2-4-8-17/h2-14H,1H3,(H,25,28). The molecule has 0 aliphatic rings. The molecule has 152 valence electrons. The van der Waals surface area contributed by atoms with Crippen molar-refractivity contribution >= 4 is 38.8 Å². The molecule has 0 aliphatic carbocycles. The minimum Gasteiger partial charge on any atom is -0.457 e. The van der Waals surface area contributed by atoms with Crippen molar-refractivity contribution in [1.82, 2.24) is 9.38 Å². The first-order chi connectivity index (χ1) is 15.1. The highest BCUT2D eigenvalue weighted by molar-refractivity contribution is 7.20. The third-order valence-corrected chi connectivity index (χ3v) is 5.87. The molecule has 0 bridgehead atoms. The molecule has 3 aromatic heterocycles. The lowest BCUT2D eigenvalue weighted by molar-refractivity contribution is 0.103. The van der Waals surface area contributed by atoms with Gasteiger partial charge in [-0.15, -0.1) is 11.3 Å². The number of ether oxygens (including phenoxy) is 1. The Morgan fingerprint density at radius 1 is 1.00 bits per heavy atom. The van der Waals surface area contributed by atoms with Crippen molar-refractivity contribution < 1.29 is 9.53 Å². The largest absolute Gasteiger partial charge is 0.457 e. The summed E-state index contributed by atoms with van der Waals surface area (Å²) in [5.74, 6) is 1.13. The van der Waals surface area contributed by atoms with Crippen molar-refractivity contribution in [2.24, 2.45) is 0 Å². The molecule has 31 heavy (non-hydrogen) atoms. The van der Waals surface area contributed by atoms with Crippen molar-refractivity contribution in [2.45, 2.75) is 6.92 Å². The summed E-state index contributed by atoms with van der Waals surface area (Å²) in [5.41, 5.74) is 1.96. The number of anilines is 1. The average molecular weight is 427 g/mol. The number of pyridine rings is 1. The van der Waals surface area contributed by atoms with Gasteiger partial charge < -0.3 is 10.1 Å². The number of fused-ring (bicyclic) bond motifs is 2. The lowest BCUT2D eigenvalue weighted by Crippen LogP contribution is -2.14. The number of para-hydroxylation sites is 1. The fourth-order valence-corrected chi connectivity index (χ4v) is 4.21. The highest BCUT2D eigenvalue weighted by Gasteiger charge is 2.15. The minimum absolute atomic E-state index is 0.179. The second-order valence-electron chi connectivity index (χ2n) is 7.02. The van der Waals surface area contributed by atoms with Crippen LogP contribution in [0.2, 0.25) is 0 Å². The maximum absolute atomic E-state index is 12.8. The van der Waals surface area contributed by atoms with Gasteiger partial charge in [0.1, 0.15) is 22.0 Å². The van der Waals surface area contributed by atoms with E-state index in [1.165, 1.54) is 15.7 Å². The van der Waals surface area contributed by atoms with E-state index in [0.717, 1.165) is 11.3 Å². The zero-order valence-electron chi connectivity index (χ0n) is 16.5. The predicted octanol–water partition coefficient (Wildman–Crippen LogP) is 5.26. The van der Waals surface area contributed by atoms with E-state index in [0.29, 0.717) is 32.2 Å². The van der Waals surface area contributed by atoms with Crippen LogP contribution in [0.3, 0.4) is 0 Å². The first-order valence-corrected chi connectivity index (χ1v) is 10.5. The van der Waals surface area contributed by atoms with E-state index in [2.05, 4.69) is 10.3 Å². The number of benzene rings is 2. The fourth-order valence-electron chi connectivity index (χ4n) is 3.29. The van der Waals surface area contributed by atoms with E-state index in [4.69, 9.17) is 4.74 Å². The van der Waals surface area contributed by atoms with E-state index in [9.17, 15) is 9.59 Å². The first-order valence-electron chi connectivity index (χ1n) is 9.64. The van der Waals surface area contributed by atoms with Crippen LogP contribution in [-0.4, -0.2) is 15.3 Å². The van der Waals surface area contributed by atoms with Gasteiger partial charge in [-0.1, -0.05) is 24.3 Å². The Morgan fingerprint density at radius 2 is 1.74 bits per heavy atom. The lowest BCUT2D eigenvalue weighted by atomic mass is 10.2. The zero-order valence-corrected chi connectivity index (χ0v) is 17.3. The normalized spacial score (nSPS) is 11.0. The number of carbonyl (C=O) groups is 1. The van der Waals surface area contributed by atoms with E-state index in [1.807, 2.05) is 49.4 Å². The van der Waals surface area contributed by atoms with Crippen LogP contribution >= 0.6 is 11.3 Å². The molecule has 0 atom stereocenters. The first kappa shape index (κ1) is 19.0. The van der Waals surface area contributed by atoms with Gasteiger partial charge >= 0.3 is 0 Å². The SMILES string of the molecule is Cc1cccn2c(=O)c3cc(C(=O)Nc4ccc(Oc5ccccc5)cc4)sc3nc12. The highest BCUT2D eigenvalue weighted by atomic mass is 32.1. The monoisotopic (exact) mass is 427 g/mol. The number of carbonyl (C=O) groups excluding carboxylic acids is 1. The summed E-state index contributed by atoms with van der Waals surface area (Å²) in [6.07, 6.45) is 1.69. The third-order valence-electron chi connectivity index (χ3n) is 4.85. The van der Waals surface area contributed by atoms with Crippen molar-refractivity contribution in [1.29, 1.82) is 0 Å². The molecule has 0 aliphatic heterocycles. The van der Waals surface area contributed by atoms with Crippen LogP contribution in [0, 0.1) is 6.92 Å². The molecule has 7 heteroatoms. The molecule has 0 radical (unpaired) electrons. The number of hydrogen-bond donors (Lipinski definition) is 1. The van der Waals surface area contributed by atoms with Crippen LogP contribution < -0.4 is 15.6 Å². The maximum Gasteiger partial charge on any atom is 0.266 e. The minimum atomic E-state index is -0.287. The summed E-state index contributed by atoms with van der Waals surface area (Å²) in [7, 11) is 0. The average Bonchev–Trinajstić information content (AvgIpc) is 3.22. The number of hydrogen-bond acceptors (Lipinski definition) is 5. The molecule has 5 rings (SSSR count). The summed E-state index contributed by atoms with van der Waals surface area (Å²) in [6.45, 7) is 1.90. The number of aryl methyl sites for hydroxylation is 1. The zero-order chi connectivity index (χ0) is 21.4. The van der Waals surface area contributed by atoms with Crippen LogP contribution in [0.15, 0.2) is 83.8 Å². The fraction of sp³-hybridized carbons (Fsp3) is 0.0417. The predicted molar refractivity (Wildman–Crippen MR) is 122 cm³/mol. The Balaban J connectivity index is 1.39. The molecule has 0 saturated carbocycles. The Kier molecular flexibility index (Phi) is 4.72. The summed E-state index contributed by atoms with van der Waals surface area (Å²) in [4.78, 5) is 31.1. The summed E-state index contributed by atoms with van der Waals surface area (Å²) in [5, 5.41) is 3.30. The van der Waals surface area contributed by atoms with E-state index >= 15 is 0 Å². The molecular formula is C24H17N3O3S. The number of nitrogens with zero attached hydrogens (tertiary/aromatic N) is 2. The number of rotatable bonds is 4. The number of aromatic nitrogens is 2. The summed E-state index contributed by atoms with van der Waals surface area (Å²) < 4.78 is 7.28. The number of nitrogens with one attached hydrogen (secondary N) is 1. The molecule has 6 nitrogen and oxygen atoms in total. The van der Waals surface area contributed by atoms with Gasteiger partial charge in [0, 0.05) is 11.9 Å². The molecule has 3 heterocycles. The smallest absolute Gasteiger partial charge is 0.266 e. The number of amides is 1. The van der Waals surface area contributed by atoms with E-state index < -0.39 is 0 Å². The van der Waals surface area contributed by atoms with Crippen molar-refractivity contribution in [3.63, 3.8) is 0 Å². The second kappa shape index (κ2) is 7.70. The van der Waals surface area contributed by atoms with E-state index in [-0.39, 0.29) is 11.5 Å². The molecule has 1 N–H and O–H groups in total. The number of thiophene rings is 1. The van der Waals surface area contributed by atoms with Crippen LogP contribution in [0.1, 0.15) is 15.2 Å². The van der Waals surface area contributed by atoms with Crippen molar-refractivity contribution in [3.8, 4) is 11.5 Å². The van der Waals surface area contributed by atoms with E-state index in [1.54, 1.807) is 36.5 Å². The van der Waals surface area contributed by atoms with Crippen LogP contribution in [0.4, 0.5) is 5.69 Å². The van der Waals surface area contributed by atoms with Gasteiger partial charge in [0.2, 0.25) is 0 Å². The lowest BCUT2D eigenvalue weighted by Gasteiger charge is -2.07. The van der Waals surface area contributed by atoms with Gasteiger partial charge in [-0.05, 0) is 61.0 Å². The van der Waals surface area contributed by atoms with Gasteiger partial charge in [0.25, 0.3) is 11.5 Å². The highest BCUT2D eigenvalue weighted by Crippen LogP contribution is 2.25. The van der Waals surface area contributed by atoms with Gasteiger partial charge in [-0.25, -0.2) is 4.98 Å². The Morgan fingerprint density at radius 3 is 2.52 bits per heavy atom. The molecule has 2 aromatic carbocycles. The molecule has 0 unspecified atom stereocenters. The summed E-state index contributed by atoms with van der Waals surface area (Å²) in [6, 6.07) is 21.9. The molecule has 0 saturated heterocycles. The van der Waals surface area contributed by atoms with Gasteiger partial charge in [-0.2, -0.15) is 0 Å². The maximum atomic E-state index is 12.8. The molecular weight excluding hydrogens is 410 g/mol. The molecule has 1 amide bonds. The Labute approximate surface area is 181 Å². The van der Waals surface area contributed by atoms with Gasteiger partial charge in [0.15, 0.2) is 0 Å². The summed E-state index contributed by atoms with van der Waals surface area (Å²) >= 11 is 1.21. The molecule has 0 fully saturated rings. The molecule has 5 aromatic rings. The van der Waals surface area contributed by atoms with Crippen molar-refractivity contribution in [3.05, 3.63) is 99.8 Å². The Hall–Kier alpha value is -3.97. The van der Waals surface area contributed by atoms with Crippen LogP contribution in [0.5, 0.6) is 11.5 Å². The molecule has 0 spiro atoms. The van der Waals surface area contributed by atoms with Gasteiger partial charge in [0.05, 0.1) is 10.3 Å². The van der Waals surface area contributed by atoms with Crippen LogP contribution in [-0.2, 0) is 0 Å².